The first-order chi connectivity index (χ1) is 12.9. The lowest BCUT2D eigenvalue weighted by atomic mass is 9.76. The number of carboxylic acids is 1. The van der Waals surface area contributed by atoms with Gasteiger partial charge < -0.3 is 14.9 Å². The monoisotopic (exact) mass is 372 g/mol. The third-order valence-corrected chi connectivity index (χ3v) is 6.47. The summed E-state index contributed by atoms with van der Waals surface area (Å²) in [6.07, 6.45) is 7.01. The zero-order chi connectivity index (χ0) is 19.2. The molecule has 7 nitrogen and oxygen atoms in total. The van der Waals surface area contributed by atoms with E-state index in [0.29, 0.717) is 13.0 Å². The van der Waals surface area contributed by atoms with E-state index in [1.54, 1.807) is 4.90 Å². The second-order valence-electron chi connectivity index (χ2n) is 8.41. The molecule has 2 aliphatic heterocycles. The second kappa shape index (κ2) is 6.77. The van der Waals surface area contributed by atoms with Gasteiger partial charge in [0.1, 0.15) is 17.7 Å². The molecule has 3 aliphatic rings. The molecule has 7 heteroatoms. The summed E-state index contributed by atoms with van der Waals surface area (Å²) in [4.78, 5) is 37.3. The lowest BCUT2D eigenvalue weighted by molar-refractivity contribution is -0.148. The minimum atomic E-state index is -0.858. The minimum absolute atomic E-state index is 0.0569. The zero-order valence-electron chi connectivity index (χ0n) is 16.1. The summed E-state index contributed by atoms with van der Waals surface area (Å²) < 4.78 is 0. The summed E-state index contributed by atoms with van der Waals surface area (Å²) in [6.45, 7) is 6.31. The van der Waals surface area contributed by atoms with Crippen LogP contribution in [0.15, 0.2) is 6.20 Å². The number of amides is 1. The van der Waals surface area contributed by atoms with Crippen molar-refractivity contribution in [2.75, 3.05) is 24.5 Å². The van der Waals surface area contributed by atoms with Crippen LogP contribution in [-0.2, 0) is 16.0 Å². The Labute approximate surface area is 159 Å². The van der Waals surface area contributed by atoms with Crippen molar-refractivity contribution >= 4 is 17.7 Å². The first-order valence-corrected chi connectivity index (χ1v) is 10.0. The Kier molecular flexibility index (Phi) is 4.56. The van der Waals surface area contributed by atoms with Crippen LogP contribution >= 0.6 is 0 Å². The highest BCUT2D eigenvalue weighted by molar-refractivity contribution is 5.87. The van der Waals surface area contributed by atoms with E-state index in [4.69, 9.17) is 0 Å². The summed E-state index contributed by atoms with van der Waals surface area (Å²) in [7, 11) is 0. The SMILES string of the molecule is CCc1cnc(C)nc1N1CCC2(CC1)C[C@H](C(=O)O)N(C(=O)C1CC1)C2. The predicted molar refractivity (Wildman–Crippen MR) is 101 cm³/mol. The van der Waals surface area contributed by atoms with Crippen LogP contribution in [0.5, 0.6) is 0 Å². The quantitative estimate of drug-likeness (QED) is 0.870. The van der Waals surface area contributed by atoms with Gasteiger partial charge in [-0.25, -0.2) is 14.8 Å². The first-order valence-electron chi connectivity index (χ1n) is 10.0. The number of nitrogens with zero attached hydrogens (tertiary/aromatic N) is 4. The second-order valence-corrected chi connectivity index (χ2v) is 8.41. The smallest absolute Gasteiger partial charge is 0.326 e. The average Bonchev–Trinajstić information content (AvgIpc) is 3.44. The molecular formula is C20H28N4O3. The molecule has 1 saturated carbocycles. The Morgan fingerprint density at radius 3 is 2.59 bits per heavy atom. The maximum atomic E-state index is 12.6. The number of anilines is 1. The molecule has 1 aromatic heterocycles. The number of hydrogen-bond donors (Lipinski definition) is 1. The van der Waals surface area contributed by atoms with Gasteiger partial charge >= 0.3 is 5.97 Å². The van der Waals surface area contributed by atoms with Gasteiger partial charge in [0.05, 0.1) is 0 Å². The molecule has 146 valence electrons. The maximum Gasteiger partial charge on any atom is 0.326 e. The van der Waals surface area contributed by atoms with Crippen LogP contribution in [-0.4, -0.2) is 57.5 Å². The van der Waals surface area contributed by atoms with Crippen molar-refractivity contribution < 1.29 is 14.7 Å². The Morgan fingerprint density at radius 1 is 1.30 bits per heavy atom. The van der Waals surface area contributed by atoms with Crippen molar-refractivity contribution in [3.8, 4) is 0 Å². The van der Waals surface area contributed by atoms with Crippen LogP contribution in [0.1, 0.15) is 50.4 Å². The molecule has 4 rings (SSSR count). The number of rotatable bonds is 4. The molecule has 1 aliphatic carbocycles. The van der Waals surface area contributed by atoms with Gasteiger partial charge in [-0.1, -0.05) is 6.92 Å². The summed E-state index contributed by atoms with van der Waals surface area (Å²) >= 11 is 0. The lowest BCUT2D eigenvalue weighted by Crippen LogP contribution is -2.44. The van der Waals surface area contributed by atoms with Crippen molar-refractivity contribution in [3.63, 3.8) is 0 Å². The van der Waals surface area contributed by atoms with Crippen LogP contribution < -0.4 is 4.90 Å². The fraction of sp³-hybridized carbons (Fsp3) is 0.700. The molecule has 27 heavy (non-hydrogen) atoms. The van der Waals surface area contributed by atoms with Crippen molar-refractivity contribution in [1.29, 1.82) is 0 Å². The molecule has 3 fully saturated rings. The first kappa shape index (κ1) is 18.2. The molecular weight excluding hydrogens is 344 g/mol. The van der Waals surface area contributed by atoms with E-state index in [9.17, 15) is 14.7 Å². The Bertz CT molecular complexity index is 754. The number of carbonyl (C=O) groups excluding carboxylic acids is 1. The number of piperidine rings is 1. The van der Waals surface area contributed by atoms with Crippen LogP contribution in [0.3, 0.4) is 0 Å². The Morgan fingerprint density at radius 2 is 2.00 bits per heavy atom. The van der Waals surface area contributed by atoms with E-state index in [2.05, 4.69) is 21.8 Å². The van der Waals surface area contributed by atoms with E-state index in [0.717, 1.165) is 62.4 Å². The van der Waals surface area contributed by atoms with Gasteiger partial charge in [0.2, 0.25) is 5.91 Å². The molecule has 1 spiro atoms. The molecule has 1 amide bonds. The molecule has 3 heterocycles. The summed E-state index contributed by atoms with van der Waals surface area (Å²) in [5.41, 5.74) is 1.08. The summed E-state index contributed by atoms with van der Waals surface area (Å²) in [6, 6.07) is -0.655. The fourth-order valence-corrected chi connectivity index (χ4v) is 4.63. The van der Waals surface area contributed by atoms with Gasteiger partial charge in [-0.2, -0.15) is 0 Å². The molecule has 0 unspecified atom stereocenters. The van der Waals surface area contributed by atoms with E-state index >= 15 is 0 Å². The summed E-state index contributed by atoms with van der Waals surface area (Å²) in [5.74, 6) is 1.05. The number of carboxylic acid groups (broad SMARTS) is 1. The number of hydrogen-bond acceptors (Lipinski definition) is 5. The van der Waals surface area contributed by atoms with E-state index in [1.807, 2.05) is 13.1 Å². The van der Waals surface area contributed by atoms with Crippen molar-refractivity contribution in [2.24, 2.45) is 11.3 Å². The van der Waals surface area contributed by atoms with Gasteiger partial charge in [-0.05, 0) is 50.9 Å². The van der Waals surface area contributed by atoms with Gasteiger partial charge in [-0.15, -0.1) is 0 Å². The number of aliphatic carboxylic acids is 1. The van der Waals surface area contributed by atoms with Crippen LogP contribution in [0.25, 0.3) is 0 Å². The van der Waals surface area contributed by atoms with Gasteiger partial charge in [0.15, 0.2) is 0 Å². The highest BCUT2D eigenvalue weighted by Crippen LogP contribution is 2.46. The van der Waals surface area contributed by atoms with Crippen LogP contribution in [0.4, 0.5) is 5.82 Å². The molecule has 1 N–H and O–H groups in total. The molecule has 0 radical (unpaired) electrons. The van der Waals surface area contributed by atoms with Crippen molar-refractivity contribution in [3.05, 3.63) is 17.6 Å². The third kappa shape index (κ3) is 3.39. The average molecular weight is 372 g/mol. The lowest BCUT2D eigenvalue weighted by Gasteiger charge is -2.40. The van der Waals surface area contributed by atoms with E-state index < -0.39 is 12.0 Å². The fourth-order valence-electron chi connectivity index (χ4n) is 4.63. The molecule has 2 saturated heterocycles. The van der Waals surface area contributed by atoms with Gasteiger partial charge in [0.25, 0.3) is 0 Å². The number of likely N-dealkylation sites (tertiary alicyclic amines) is 1. The van der Waals surface area contributed by atoms with E-state index in [-0.39, 0.29) is 17.2 Å². The highest BCUT2D eigenvalue weighted by Gasteiger charge is 2.51. The number of aryl methyl sites for hydroxylation is 2. The predicted octanol–water partition coefficient (Wildman–Crippen LogP) is 2.03. The van der Waals surface area contributed by atoms with Gasteiger partial charge in [-0.3, -0.25) is 4.79 Å². The topological polar surface area (TPSA) is 86.6 Å². The maximum absolute atomic E-state index is 12.6. The van der Waals surface area contributed by atoms with E-state index in [1.165, 1.54) is 0 Å². The molecule has 1 aromatic rings. The number of aromatic nitrogens is 2. The van der Waals surface area contributed by atoms with Crippen molar-refractivity contribution in [1.82, 2.24) is 14.9 Å². The highest BCUT2D eigenvalue weighted by atomic mass is 16.4. The van der Waals surface area contributed by atoms with Gasteiger partial charge in [0, 0.05) is 37.3 Å². The molecule has 1 atom stereocenters. The minimum Gasteiger partial charge on any atom is -0.480 e. The Balaban J connectivity index is 1.49. The molecule has 0 aromatic carbocycles. The van der Waals surface area contributed by atoms with Crippen LogP contribution in [0.2, 0.25) is 0 Å². The standard InChI is InChI=1S/C20H28N4O3/c1-3-14-11-21-13(2)22-17(14)23-8-6-20(7-9-23)10-16(19(26)27)24(12-20)18(25)15-4-5-15/h11,15-16H,3-10,12H2,1-2H3,(H,26,27)/t16-/m1/s1. The normalized spacial score (nSPS) is 24.4. The van der Waals surface area contributed by atoms with Crippen molar-refractivity contribution in [2.45, 2.75) is 58.4 Å². The third-order valence-electron chi connectivity index (χ3n) is 6.47. The zero-order valence-corrected chi connectivity index (χ0v) is 16.1. The largest absolute Gasteiger partial charge is 0.480 e. The Hall–Kier alpha value is -2.18. The summed E-state index contributed by atoms with van der Waals surface area (Å²) in [5, 5.41) is 9.66. The molecule has 0 bridgehead atoms. The van der Waals surface area contributed by atoms with Crippen LogP contribution in [0, 0.1) is 18.3 Å². The number of carbonyl (C=O) groups is 2.